The molecule has 0 radical (unpaired) electrons. The van der Waals surface area contributed by atoms with Crippen molar-refractivity contribution in [3.8, 4) is 0 Å². The van der Waals surface area contributed by atoms with Crippen molar-refractivity contribution in [3.63, 3.8) is 0 Å². The van der Waals surface area contributed by atoms with E-state index in [2.05, 4.69) is 30.1 Å². The highest BCUT2D eigenvalue weighted by molar-refractivity contribution is 6.07. The van der Waals surface area contributed by atoms with E-state index in [0.717, 1.165) is 17.5 Å². The molecule has 0 atom stereocenters. The van der Waals surface area contributed by atoms with Crippen molar-refractivity contribution in [3.05, 3.63) is 68.8 Å². The molecule has 5 nitrogen and oxygen atoms in total. The molecule has 3 aromatic rings. The van der Waals surface area contributed by atoms with E-state index in [9.17, 15) is 9.59 Å². The standard InChI is InChI=1S/C20H21N3O2/c1-12-4-5-15-10-23(7-6-14(15)8-12)20(25)16-11-22(3)18-13(2)9-21-19(24)17(16)18/h4-5,8-9,11H,6-7,10H2,1-3H3,(H,21,24). The molecule has 1 aliphatic rings. The molecule has 128 valence electrons. The predicted molar refractivity (Wildman–Crippen MR) is 97.9 cm³/mol. The lowest BCUT2D eigenvalue weighted by atomic mass is 9.97. The molecule has 1 aromatic carbocycles. The number of fused-ring (bicyclic) bond motifs is 2. The van der Waals surface area contributed by atoms with Crippen LogP contribution in [-0.4, -0.2) is 26.9 Å². The number of nitrogens with one attached hydrogen (secondary N) is 1. The Morgan fingerprint density at radius 2 is 2.00 bits per heavy atom. The summed E-state index contributed by atoms with van der Waals surface area (Å²) in [4.78, 5) is 30.1. The number of aryl methyl sites for hydroxylation is 3. The second-order valence-electron chi connectivity index (χ2n) is 6.93. The summed E-state index contributed by atoms with van der Waals surface area (Å²) < 4.78 is 1.87. The van der Waals surface area contributed by atoms with Crippen molar-refractivity contribution in [1.29, 1.82) is 0 Å². The topological polar surface area (TPSA) is 58.1 Å². The molecule has 25 heavy (non-hydrogen) atoms. The predicted octanol–water partition coefficient (Wildman–Crippen LogP) is 2.68. The zero-order valence-corrected chi connectivity index (χ0v) is 14.7. The first-order valence-corrected chi connectivity index (χ1v) is 8.50. The van der Waals surface area contributed by atoms with Gasteiger partial charge in [-0.05, 0) is 37.0 Å². The molecule has 1 aliphatic heterocycles. The number of hydrogen-bond acceptors (Lipinski definition) is 2. The Bertz CT molecular complexity index is 1060. The summed E-state index contributed by atoms with van der Waals surface area (Å²) in [7, 11) is 1.87. The first-order valence-electron chi connectivity index (χ1n) is 8.50. The van der Waals surface area contributed by atoms with Crippen molar-refractivity contribution in [2.24, 2.45) is 7.05 Å². The molecule has 0 aliphatic carbocycles. The lowest BCUT2D eigenvalue weighted by Gasteiger charge is -2.29. The molecule has 0 saturated heterocycles. The third kappa shape index (κ3) is 2.47. The molecule has 1 amide bonds. The van der Waals surface area contributed by atoms with Gasteiger partial charge in [0.2, 0.25) is 0 Å². The Balaban J connectivity index is 1.75. The Morgan fingerprint density at radius 1 is 1.20 bits per heavy atom. The van der Waals surface area contributed by atoms with E-state index >= 15 is 0 Å². The summed E-state index contributed by atoms with van der Waals surface area (Å²) in [5.41, 5.74) is 5.80. The number of carbonyl (C=O) groups excluding carboxylic acids is 1. The van der Waals surface area contributed by atoms with Crippen LogP contribution >= 0.6 is 0 Å². The summed E-state index contributed by atoms with van der Waals surface area (Å²) in [6.07, 6.45) is 4.32. The van der Waals surface area contributed by atoms with Crippen molar-refractivity contribution in [2.45, 2.75) is 26.8 Å². The van der Waals surface area contributed by atoms with Gasteiger partial charge in [-0.25, -0.2) is 0 Å². The molecular formula is C20H21N3O2. The maximum atomic E-state index is 13.1. The minimum absolute atomic E-state index is 0.0760. The van der Waals surface area contributed by atoms with Crippen LogP contribution in [0.2, 0.25) is 0 Å². The second kappa shape index (κ2) is 5.62. The van der Waals surface area contributed by atoms with Gasteiger partial charge in [0.1, 0.15) is 0 Å². The number of H-pyrrole nitrogens is 1. The Labute approximate surface area is 145 Å². The monoisotopic (exact) mass is 335 g/mol. The number of rotatable bonds is 1. The van der Waals surface area contributed by atoms with Gasteiger partial charge in [0.05, 0.1) is 16.5 Å². The van der Waals surface area contributed by atoms with E-state index in [1.807, 2.05) is 23.4 Å². The molecule has 1 N–H and O–H groups in total. The zero-order chi connectivity index (χ0) is 17.7. The summed E-state index contributed by atoms with van der Waals surface area (Å²) in [6, 6.07) is 6.38. The van der Waals surface area contributed by atoms with E-state index in [-0.39, 0.29) is 11.5 Å². The fourth-order valence-electron chi connectivity index (χ4n) is 3.83. The van der Waals surface area contributed by atoms with E-state index < -0.39 is 0 Å². The fraction of sp³-hybridized carbons (Fsp3) is 0.300. The molecule has 0 bridgehead atoms. The zero-order valence-electron chi connectivity index (χ0n) is 14.7. The Morgan fingerprint density at radius 3 is 2.80 bits per heavy atom. The first kappa shape index (κ1) is 15.7. The van der Waals surface area contributed by atoms with Crippen LogP contribution in [0.5, 0.6) is 0 Å². The van der Waals surface area contributed by atoms with E-state index in [4.69, 9.17) is 0 Å². The third-order valence-corrected chi connectivity index (χ3v) is 5.09. The molecule has 2 aromatic heterocycles. The first-order chi connectivity index (χ1) is 12.0. The number of pyridine rings is 1. The highest BCUT2D eigenvalue weighted by atomic mass is 16.2. The minimum atomic E-state index is -0.211. The summed E-state index contributed by atoms with van der Waals surface area (Å²) in [5.74, 6) is -0.0760. The van der Waals surface area contributed by atoms with Crippen LogP contribution in [-0.2, 0) is 20.0 Å². The highest BCUT2D eigenvalue weighted by Crippen LogP contribution is 2.25. The lowest BCUT2D eigenvalue weighted by Crippen LogP contribution is -2.36. The summed E-state index contributed by atoms with van der Waals surface area (Å²) >= 11 is 0. The summed E-state index contributed by atoms with van der Waals surface area (Å²) in [5, 5.41) is 0.488. The highest BCUT2D eigenvalue weighted by Gasteiger charge is 2.26. The molecule has 3 heterocycles. The van der Waals surface area contributed by atoms with E-state index in [0.29, 0.717) is 24.0 Å². The van der Waals surface area contributed by atoms with Crippen molar-refractivity contribution in [1.82, 2.24) is 14.5 Å². The minimum Gasteiger partial charge on any atom is -0.349 e. The Kier molecular flexibility index (Phi) is 3.53. The molecule has 0 unspecified atom stereocenters. The molecule has 5 heteroatoms. The van der Waals surface area contributed by atoms with Crippen molar-refractivity contribution < 1.29 is 4.79 Å². The quantitative estimate of drug-likeness (QED) is 0.743. The number of hydrogen-bond donors (Lipinski definition) is 1. The van der Waals surface area contributed by atoms with Gasteiger partial charge >= 0.3 is 0 Å². The molecule has 4 rings (SSSR count). The largest absolute Gasteiger partial charge is 0.349 e. The lowest BCUT2D eigenvalue weighted by molar-refractivity contribution is 0.0736. The van der Waals surface area contributed by atoms with Gasteiger partial charge < -0.3 is 14.5 Å². The van der Waals surface area contributed by atoms with Crippen LogP contribution in [0.25, 0.3) is 10.9 Å². The number of nitrogens with zero attached hydrogens (tertiary/aromatic N) is 2. The van der Waals surface area contributed by atoms with Crippen LogP contribution in [0.15, 0.2) is 35.4 Å². The maximum absolute atomic E-state index is 13.1. The number of aromatic amines is 1. The van der Waals surface area contributed by atoms with Crippen LogP contribution in [0, 0.1) is 13.8 Å². The van der Waals surface area contributed by atoms with Crippen LogP contribution in [0.4, 0.5) is 0 Å². The number of benzene rings is 1. The van der Waals surface area contributed by atoms with E-state index in [1.165, 1.54) is 16.7 Å². The normalized spacial score (nSPS) is 14.0. The van der Waals surface area contributed by atoms with Crippen molar-refractivity contribution in [2.75, 3.05) is 6.54 Å². The van der Waals surface area contributed by atoms with Gasteiger partial charge in [0, 0.05) is 32.5 Å². The number of aromatic nitrogens is 2. The van der Waals surface area contributed by atoms with Gasteiger partial charge in [-0.1, -0.05) is 23.8 Å². The fourth-order valence-corrected chi connectivity index (χ4v) is 3.83. The smallest absolute Gasteiger partial charge is 0.258 e. The molecule has 0 saturated carbocycles. The number of carbonyl (C=O) groups is 1. The van der Waals surface area contributed by atoms with Crippen LogP contribution in [0.1, 0.15) is 32.6 Å². The van der Waals surface area contributed by atoms with Gasteiger partial charge in [0.15, 0.2) is 0 Å². The van der Waals surface area contributed by atoms with Crippen molar-refractivity contribution >= 4 is 16.8 Å². The average Bonchev–Trinajstić information content (AvgIpc) is 2.96. The molecule has 0 spiro atoms. The van der Waals surface area contributed by atoms with Gasteiger partial charge in [-0.2, -0.15) is 0 Å². The van der Waals surface area contributed by atoms with Crippen LogP contribution in [0.3, 0.4) is 0 Å². The summed E-state index contributed by atoms with van der Waals surface area (Å²) in [6.45, 7) is 5.29. The average molecular weight is 335 g/mol. The SMILES string of the molecule is Cc1ccc2c(c1)CCN(C(=O)c1cn(C)c3c(C)c[nH]c(=O)c13)C2. The maximum Gasteiger partial charge on any atom is 0.258 e. The van der Waals surface area contributed by atoms with E-state index in [1.54, 1.807) is 12.4 Å². The number of amides is 1. The van der Waals surface area contributed by atoms with Crippen LogP contribution < -0.4 is 5.56 Å². The Hall–Kier alpha value is -2.82. The molecular weight excluding hydrogens is 314 g/mol. The van der Waals surface area contributed by atoms with Gasteiger partial charge in [0.25, 0.3) is 11.5 Å². The third-order valence-electron chi connectivity index (χ3n) is 5.09. The molecule has 0 fully saturated rings. The second-order valence-corrected chi connectivity index (χ2v) is 6.93. The van der Waals surface area contributed by atoms with Gasteiger partial charge in [-0.15, -0.1) is 0 Å². The van der Waals surface area contributed by atoms with Gasteiger partial charge in [-0.3, -0.25) is 9.59 Å².